The number of H-pyrrole nitrogens is 1. The fourth-order valence-electron chi connectivity index (χ4n) is 3.40. The first kappa shape index (κ1) is 26.0. The molecule has 4 N–H and O–H groups in total. The van der Waals surface area contributed by atoms with Crippen LogP contribution in [0.25, 0.3) is 0 Å². The predicted molar refractivity (Wildman–Crippen MR) is 132 cm³/mol. The number of carbonyl (C=O) groups excluding carboxylic acids is 3. The number of halogens is 2. The maximum atomic E-state index is 12.5. The van der Waals surface area contributed by atoms with Gasteiger partial charge in [-0.1, -0.05) is 41.4 Å². The Morgan fingerprint density at radius 1 is 0.943 bits per heavy atom. The molecular formula is C25H23Cl2N3O5. The Balaban J connectivity index is 1.51. The van der Waals surface area contributed by atoms with E-state index in [0.717, 1.165) is 11.3 Å². The Hall–Kier alpha value is -3.62. The highest BCUT2D eigenvalue weighted by Crippen LogP contribution is 2.24. The molecule has 1 heterocycles. The number of benzene rings is 2. The van der Waals surface area contributed by atoms with Crippen LogP contribution < -0.4 is 10.6 Å². The minimum absolute atomic E-state index is 0.0424. The largest absolute Gasteiger partial charge is 0.480 e. The number of nitrogens with one attached hydrogen (secondary N) is 3. The first-order valence-electron chi connectivity index (χ1n) is 10.7. The number of carbonyl (C=O) groups is 4. The lowest BCUT2D eigenvalue weighted by Gasteiger charge is -2.15. The molecule has 0 saturated carbocycles. The lowest BCUT2D eigenvalue weighted by atomic mass is 10.1. The van der Waals surface area contributed by atoms with E-state index in [-0.39, 0.29) is 40.8 Å². The second kappa shape index (κ2) is 12.2. The fraction of sp³-hybridized carbons (Fsp3) is 0.200. The molecule has 35 heavy (non-hydrogen) atoms. The number of carboxylic acids is 1. The average molecular weight is 516 g/mol. The van der Waals surface area contributed by atoms with E-state index in [1.54, 1.807) is 24.3 Å². The highest BCUT2D eigenvalue weighted by atomic mass is 35.5. The summed E-state index contributed by atoms with van der Waals surface area (Å²) in [6, 6.07) is 14.0. The van der Waals surface area contributed by atoms with Crippen molar-refractivity contribution in [1.29, 1.82) is 0 Å². The van der Waals surface area contributed by atoms with Crippen molar-refractivity contribution in [1.82, 2.24) is 15.6 Å². The summed E-state index contributed by atoms with van der Waals surface area (Å²) in [6.45, 7) is -0.268. The van der Waals surface area contributed by atoms with Gasteiger partial charge in [0.25, 0.3) is 11.8 Å². The molecule has 0 radical (unpaired) electrons. The molecule has 10 heteroatoms. The second-order valence-electron chi connectivity index (χ2n) is 7.79. The molecule has 0 aliphatic carbocycles. The van der Waals surface area contributed by atoms with Gasteiger partial charge in [0.05, 0.1) is 22.2 Å². The summed E-state index contributed by atoms with van der Waals surface area (Å²) in [6.07, 6.45) is 2.13. The number of rotatable bonds is 11. The zero-order chi connectivity index (χ0) is 25.4. The normalized spacial score (nSPS) is 11.5. The van der Waals surface area contributed by atoms with Crippen LogP contribution >= 0.6 is 23.2 Å². The number of Topliss-reactive ketones (excluding diaryl/α,β-unsaturated/α-hetero) is 1. The number of hydrogen-bond acceptors (Lipinski definition) is 4. The van der Waals surface area contributed by atoms with Gasteiger partial charge in [-0.05, 0) is 48.4 Å². The topological polar surface area (TPSA) is 128 Å². The standard InChI is InChI=1S/C25H23Cl2N3O5/c26-19-7-2-8-20(27)22(19)24(33)30-21(25(34)35)10-9-18(31)14-29-23(32)16-5-1-4-15(12-16)13-17-6-3-11-28-17/h1-8,11-12,21,28H,9-10,13-14H2,(H,29,32)(H,30,33)(H,34,35)/t21-/m0/s1. The molecule has 8 nitrogen and oxygen atoms in total. The van der Waals surface area contributed by atoms with Crippen LogP contribution in [0.15, 0.2) is 60.8 Å². The number of amides is 2. The van der Waals surface area contributed by atoms with Gasteiger partial charge in [-0.3, -0.25) is 14.4 Å². The Morgan fingerprint density at radius 3 is 2.31 bits per heavy atom. The zero-order valence-electron chi connectivity index (χ0n) is 18.5. The predicted octanol–water partition coefficient (Wildman–Crippen LogP) is 3.87. The molecule has 3 rings (SSSR count). The van der Waals surface area contributed by atoms with Crippen molar-refractivity contribution < 1.29 is 24.3 Å². The Labute approximate surface area is 211 Å². The third kappa shape index (κ3) is 7.43. The van der Waals surface area contributed by atoms with E-state index in [4.69, 9.17) is 23.2 Å². The van der Waals surface area contributed by atoms with Gasteiger partial charge in [-0.25, -0.2) is 4.79 Å². The average Bonchev–Trinajstić information content (AvgIpc) is 3.33. The van der Waals surface area contributed by atoms with Crippen molar-refractivity contribution in [2.45, 2.75) is 25.3 Å². The highest BCUT2D eigenvalue weighted by Gasteiger charge is 2.24. The number of hydrogen-bond donors (Lipinski definition) is 4. The SMILES string of the molecule is O=C(CC[C@H](NC(=O)c1c(Cl)cccc1Cl)C(=O)O)CNC(=O)c1cccc(Cc2ccc[nH]2)c1. The van der Waals surface area contributed by atoms with Crippen LogP contribution in [0.1, 0.15) is 44.8 Å². The molecule has 0 fully saturated rings. The first-order chi connectivity index (χ1) is 16.7. The number of aromatic amines is 1. The summed E-state index contributed by atoms with van der Waals surface area (Å²) in [5.74, 6) is -2.86. The molecule has 0 bridgehead atoms. The summed E-state index contributed by atoms with van der Waals surface area (Å²) < 4.78 is 0. The summed E-state index contributed by atoms with van der Waals surface area (Å²) in [5, 5.41) is 14.5. The third-order valence-corrected chi connectivity index (χ3v) is 5.83. The smallest absolute Gasteiger partial charge is 0.326 e. The van der Waals surface area contributed by atoms with Crippen LogP contribution in [0.3, 0.4) is 0 Å². The molecule has 2 amide bonds. The molecule has 1 aromatic heterocycles. The lowest BCUT2D eigenvalue weighted by molar-refractivity contribution is -0.139. The summed E-state index contributed by atoms with van der Waals surface area (Å²) in [4.78, 5) is 51.9. The van der Waals surface area contributed by atoms with E-state index >= 15 is 0 Å². The van der Waals surface area contributed by atoms with Gasteiger partial charge in [-0.2, -0.15) is 0 Å². The van der Waals surface area contributed by atoms with Crippen LogP contribution in [-0.2, 0) is 16.0 Å². The molecule has 0 aliphatic heterocycles. The van der Waals surface area contributed by atoms with Gasteiger partial charge in [0, 0.05) is 30.3 Å². The maximum absolute atomic E-state index is 12.5. The van der Waals surface area contributed by atoms with Crippen molar-refractivity contribution in [2.24, 2.45) is 0 Å². The molecule has 3 aromatic rings. The minimum Gasteiger partial charge on any atom is -0.480 e. The number of aliphatic carboxylic acids is 1. The third-order valence-electron chi connectivity index (χ3n) is 5.20. The summed E-state index contributed by atoms with van der Waals surface area (Å²) >= 11 is 12.0. The molecule has 2 aromatic carbocycles. The minimum atomic E-state index is -1.33. The Bertz CT molecular complexity index is 1210. The molecule has 182 valence electrons. The molecule has 0 saturated heterocycles. The van der Waals surface area contributed by atoms with Gasteiger partial charge < -0.3 is 20.7 Å². The quantitative estimate of drug-likeness (QED) is 0.308. The molecular weight excluding hydrogens is 493 g/mol. The fourth-order valence-corrected chi connectivity index (χ4v) is 3.97. The van der Waals surface area contributed by atoms with Crippen molar-refractivity contribution >= 4 is 46.8 Å². The number of carboxylic acid groups (broad SMARTS) is 1. The van der Waals surface area contributed by atoms with E-state index < -0.39 is 23.8 Å². The van der Waals surface area contributed by atoms with Crippen LogP contribution in [0.2, 0.25) is 10.0 Å². The maximum Gasteiger partial charge on any atom is 0.326 e. The summed E-state index contributed by atoms with van der Waals surface area (Å²) in [7, 11) is 0. The molecule has 0 aliphatic rings. The number of ketones is 1. The Morgan fingerprint density at radius 2 is 1.66 bits per heavy atom. The van der Waals surface area contributed by atoms with Gasteiger partial charge in [0.2, 0.25) is 0 Å². The van der Waals surface area contributed by atoms with Gasteiger partial charge >= 0.3 is 5.97 Å². The van der Waals surface area contributed by atoms with Crippen LogP contribution in [0.4, 0.5) is 0 Å². The molecule has 0 spiro atoms. The van der Waals surface area contributed by atoms with Gasteiger partial charge in [-0.15, -0.1) is 0 Å². The van der Waals surface area contributed by atoms with Crippen molar-refractivity contribution in [3.8, 4) is 0 Å². The van der Waals surface area contributed by atoms with E-state index in [0.29, 0.717) is 12.0 Å². The Kier molecular flexibility index (Phi) is 9.05. The van der Waals surface area contributed by atoms with E-state index in [1.165, 1.54) is 12.1 Å². The van der Waals surface area contributed by atoms with Crippen molar-refractivity contribution in [3.63, 3.8) is 0 Å². The summed E-state index contributed by atoms with van der Waals surface area (Å²) in [5.41, 5.74) is 2.31. The van der Waals surface area contributed by atoms with Crippen LogP contribution in [0.5, 0.6) is 0 Å². The lowest BCUT2D eigenvalue weighted by Crippen LogP contribution is -2.41. The highest BCUT2D eigenvalue weighted by molar-refractivity contribution is 6.39. The number of aromatic nitrogens is 1. The van der Waals surface area contributed by atoms with Crippen molar-refractivity contribution in [3.05, 3.63) is 93.2 Å². The van der Waals surface area contributed by atoms with E-state index in [2.05, 4.69) is 15.6 Å². The monoisotopic (exact) mass is 515 g/mol. The first-order valence-corrected chi connectivity index (χ1v) is 11.5. The molecule has 0 unspecified atom stereocenters. The molecule has 1 atom stereocenters. The van der Waals surface area contributed by atoms with Crippen LogP contribution in [-0.4, -0.2) is 46.2 Å². The van der Waals surface area contributed by atoms with E-state index in [1.807, 2.05) is 24.4 Å². The zero-order valence-corrected chi connectivity index (χ0v) is 20.0. The van der Waals surface area contributed by atoms with E-state index in [9.17, 15) is 24.3 Å². The van der Waals surface area contributed by atoms with Crippen LogP contribution in [0, 0.1) is 0 Å². The van der Waals surface area contributed by atoms with Crippen molar-refractivity contribution in [2.75, 3.05) is 6.54 Å². The van der Waals surface area contributed by atoms with Gasteiger partial charge in [0.15, 0.2) is 5.78 Å². The van der Waals surface area contributed by atoms with Gasteiger partial charge in [0.1, 0.15) is 6.04 Å². The second-order valence-corrected chi connectivity index (χ2v) is 8.61.